The van der Waals surface area contributed by atoms with Gasteiger partial charge in [0.25, 0.3) is 0 Å². The number of ether oxygens (including phenoxy) is 1. The minimum absolute atomic E-state index is 0.0298. The van der Waals surface area contributed by atoms with Gasteiger partial charge in [-0.3, -0.25) is 9.69 Å². The number of benzene rings is 1. The lowest BCUT2D eigenvalue weighted by molar-refractivity contribution is -0.150. The highest BCUT2D eigenvalue weighted by molar-refractivity contribution is 5.79. The van der Waals surface area contributed by atoms with Crippen LogP contribution in [-0.4, -0.2) is 54.2 Å². The van der Waals surface area contributed by atoms with Gasteiger partial charge in [-0.2, -0.15) is 13.2 Å². The van der Waals surface area contributed by atoms with E-state index in [1.165, 1.54) is 12.1 Å². The first-order chi connectivity index (χ1) is 12.7. The van der Waals surface area contributed by atoms with E-state index < -0.39 is 11.7 Å². The number of carbonyl (C=O) groups excluding carboxylic acids is 1. The minimum Gasteiger partial charge on any atom is -0.380 e. The highest BCUT2D eigenvalue weighted by atomic mass is 19.4. The predicted octanol–water partition coefficient (Wildman–Crippen LogP) is 3.70. The van der Waals surface area contributed by atoms with E-state index in [0.717, 1.165) is 50.9 Å². The van der Waals surface area contributed by atoms with E-state index in [1.807, 2.05) is 4.90 Å². The van der Waals surface area contributed by atoms with Gasteiger partial charge in [0, 0.05) is 26.7 Å². The third-order valence-corrected chi connectivity index (χ3v) is 5.96. The minimum atomic E-state index is -4.36. The van der Waals surface area contributed by atoms with Gasteiger partial charge in [-0.15, -0.1) is 0 Å². The Labute approximate surface area is 158 Å². The number of halogens is 3. The van der Waals surface area contributed by atoms with Crippen LogP contribution >= 0.6 is 0 Å². The van der Waals surface area contributed by atoms with Crippen LogP contribution in [0.15, 0.2) is 24.3 Å². The summed E-state index contributed by atoms with van der Waals surface area (Å²) in [6, 6.07) is 4.89. The van der Waals surface area contributed by atoms with Crippen LogP contribution in [-0.2, 0) is 22.1 Å². The van der Waals surface area contributed by atoms with Crippen LogP contribution in [0, 0.1) is 0 Å². The van der Waals surface area contributed by atoms with Crippen molar-refractivity contribution in [1.29, 1.82) is 0 Å². The molecule has 1 amide bonds. The van der Waals surface area contributed by atoms with E-state index in [1.54, 1.807) is 7.11 Å². The van der Waals surface area contributed by atoms with Gasteiger partial charge in [-0.1, -0.05) is 12.1 Å². The fourth-order valence-corrected chi connectivity index (χ4v) is 4.27. The molecule has 4 nitrogen and oxygen atoms in total. The fourth-order valence-electron chi connectivity index (χ4n) is 4.27. The Kier molecular flexibility index (Phi) is 5.82. The largest absolute Gasteiger partial charge is 0.416 e. The summed E-state index contributed by atoms with van der Waals surface area (Å²) in [6.07, 6.45) is -0.174. The van der Waals surface area contributed by atoms with Crippen molar-refractivity contribution in [3.63, 3.8) is 0 Å². The van der Waals surface area contributed by atoms with E-state index >= 15 is 0 Å². The Bertz CT molecular complexity index is 662. The van der Waals surface area contributed by atoms with Crippen molar-refractivity contribution < 1.29 is 22.7 Å². The third kappa shape index (κ3) is 4.29. The maximum absolute atomic E-state index is 13.0. The third-order valence-electron chi connectivity index (χ3n) is 5.96. The van der Waals surface area contributed by atoms with Crippen LogP contribution in [0.5, 0.6) is 0 Å². The Morgan fingerprint density at radius 3 is 2.52 bits per heavy atom. The summed E-state index contributed by atoms with van der Waals surface area (Å²) in [6.45, 7) is 4.48. The average molecular weight is 384 g/mol. The Hall–Kier alpha value is -1.60. The van der Waals surface area contributed by atoms with Crippen molar-refractivity contribution in [3.05, 3.63) is 35.4 Å². The zero-order chi connectivity index (χ0) is 19.7. The molecule has 7 heteroatoms. The SMILES string of the molecule is COC1CCN(C2(C)CCCCN2C(=O)Cc2ccc(C(F)(F)F)cc2)C1. The van der Waals surface area contributed by atoms with E-state index in [4.69, 9.17) is 4.74 Å². The molecular formula is C20H27F3N2O2. The number of alkyl halides is 3. The summed E-state index contributed by atoms with van der Waals surface area (Å²) < 4.78 is 43.6. The number of piperidine rings is 1. The number of hydrogen-bond acceptors (Lipinski definition) is 3. The molecule has 0 N–H and O–H groups in total. The summed E-state index contributed by atoms with van der Waals surface area (Å²) in [4.78, 5) is 17.3. The molecule has 1 aromatic carbocycles. The summed E-state index contributed by atoms with van der Waals surface area (Å²) in [5.41, 5.74) is -0.435. The van der Waals surface area contributed by atoms with Gasteiger partial charge in [-0.25, -0.2) is 0 Å². The lowest BCUT2D eigenvalue weighted by Gasteiger charge is -2.50. The van der Waals surface area contributed by atoms with Crippen molar-refractivity contribution in [2.24, 2.45) is 0 Å². The quantitative estimate of drug-likeness (QED) is 0.794. The fraction of sp³-hybridized carbons (Fsp3) is 0.650. The second-order valence-electron chi connectivity index (χ2n) is 7.68. The number of amides is 1. The molecule has 150 valence electrons. The normalized spacial score (nSPS) is 27.1. The molecule has 2 atom stereocenters. The molecule has 3 rings (SSSR count). The predicted molar refractivity (Wildman–Crippen MR) is 96.1 cm³/mol. The zero-order valence-corrected chi connectivity index (χ0v) is 15.9. The molecule has 2 aliphatic heterocycles. The van der Waals surface area contributed by atoms with Crippen molar-refractivity contribution >= 4 is 5.91 Å². The molecule has 0 saturated carbocycles. The average Bonchev–Trinajstić information content (AvgIpc) is 3.12. The van der Waals surface area contributed by atoms with E-state index in [9.17, 15) is 18.0 Å². The highest BCUT2D eigenvalue weighted by Gasteiger charge is 2.44. The van der Waals surface area contributed by atoms with Crippen LogP contribution in [0.1, 0.15) is 43.7 Å². The maximum Gasteiger partial charge on any atom is 0.416 e. The van der Waals surface area contributed by atoms with Crippen LogP contribution in [0.25, 0.3) is 0 Å². The van der Waals surface area contributed by atoms with Gasteiger partial charge < -0.3 is 9.64 Å². The molecule has 2 saturated heterocycles. The molecular weight excluding hydrogens is 357 g/mol. The lowest BCUT2D eigenvalue weighted by atomic mass is 9.94. The molecule has 0 aliphatic carbocycles. The van der Waals surface area contributed by atoms with Gasteiger partial charge in [0.15, 0.2) is 0 Å². The van der Waals surface area contributed by atoms with Crippen molar-refractivity contribution in [1.82, 2.24) is 9.80 Å². The van der Waals surface area contributed by atoms with Gasteiger partial charge in [-0.05, 0) is 50.3 Å². The summed E-state index contributed by atoms with van der Waals surface area (Å²) >= 11 is 0. The molecule has 27 heavy (non-hydrogen) atoms. The van der Waals surface area contributed by atoms with Crippen molar-refractivity contribution in [3.8, 4) is 0 Å². The molecule has 0 bridgehead atoms. The first kappa shape index (κ1) is 20.1. The van der Waals surface area contributed by atoms with Gasteiger partial charge in [0.05, 0.1) is 23.8 Å². The Morgan fingerprint density at radius 1 is 1.22 bits per heavy atom. The van der Waals surface area contributed by atoms with E-state index in [2.05, 4.69) is 11.8 Å². The van der Waals surface area contributed by atoms with Crippen molar-refractivity contribution in [2.75, 3.05) is 26.7 Å². The second-order valence-corrected chi connectivity index (χ2v) is 7.68. The first-order valence-corrected chi connectivity index (χ1v) is 9.48. The molecule has 2 fully saturated rings. The van der Waals surface area contributed by atoms with Crippen LogP contribution < -0.4 is 0 Å². The molecule has 0 spiro atoms. The number of methoxy groups -OCH3 is 1. The Balaban J connectivity index is 1.72. The monoisotopic (exact) mass is 384 g/mol. The molecule has 2 unspecified atom stereocenters. The van der Waals surface area contributed by atoms with Gasteiger partial charge in [0.2, 0.25) is 5.91 Å². The Morgan fingerprint density at radius 2 is 1.93 bits per heavy atom. The standard InChI is InChI=1S/C20H27F3N2O2/c1-19(24-12-9-17(14-24)27-2)10-3-4-11-25(19)18(26)13-15-5-7-16(8-6-15)20(21,22)23/h5-8,17H,3-4,9-14H2,1-2H3. The summed E-state index contributed by atoms with van der Waals surface area (Å²) in [5, 5.41) is 0. The molecule has 1 aromatic rings. The molecule has 2 heterocycles. The van der Waals surface area contributed by atoms with Crippen LogP contribution in [0.2, 0.25) is 0 Å². The van der Waals surface area contributed by atoms with Gasteiger partial charge in [0.1, 0.15) is 0 Å². The first-order valence-electron chi connectivity index (χ1n) is 9.48. The number of carbonyl (C=O) groups is 1. The van der Waals surface area contributed by atoms with Crippen LogP contribution in [0.4, 0.5) is 13.2 Å². The zero-order valence-electron chi connectivity index (χ0n) is 15.9. The van der Waals surface area contributed by atoms with Crippen molar-refractivity contribution in [2.45, 2.75) is 57.0 Å². The van der Waals surface area contributed by atoms with Crippen LogP contribution in [0.3, 0.4) is 0 Å². The highest BCUT2D eigenvalue weighted by Crippen LogP contribution is 2.35. The van der Waals surface area contributed by atoms with Gasteiger partial charge >= 0.3 is 6.18 Å². The lowest BCUT2D eigenvalue weighted by Crippen LogP contribution is -2.62. The number of nitrogens with zero attached hydrogens (tertiary/aromatic N) is 2. The topological polar surface area (TPSA) is 32.8 Å². The van der Waals surface area contributed by atoms with E-state index in [0.29, 0.717) is 12.1 Å². The molecule has 2 aliphatic rings. The number of hydrogen-bond donors (Lipinski definition) is 0. The summed E-state index contributed by atoms with van der Waals surface area (Å²) in [5.74, 6) is -0.0298. The van der Waals surface area contributed by atoms with E-state index in [-0.39, 0.29) is 24.1 Å². The number of likely N-dealkylation sites (tertiary alicyclic amines) is 2. The summed E-state index contributed by atoms with van der Waals surface area (Å²) in [7, 11) is 1.71. The smallest absolute Gasteiger partial charge is 0.380 e. The molecule has 0 aromatic heterocycles. The maximum atomic E-state index is 13.0. The molecule has 0 radical (unpaired) electrons. The number of rotatable bonds is 4. The second kappa shape index (κ2) is 7.80.